The molecule has 4 N–H and O–H groups in total. The Hall–Kier alpha value is -1.58. The highest BCUT2D eigenvalue weighted by Crippen LogP contribution is 2.14. The third-order valence-corrected chi connectivity index (χ3v) is 1.55. The van der Waals surface area contributed by atoms with Crippen molar-refractivity contribution in [2.45, 2.75) is 0 Å². The average Bonchev–Trinajstić information content (AvgIpc) is 2.04. The lowest BCUT2D eigenvalue weighted by molar-refractivity contribution is 0.631. The third kappa shape index (κ3) is 1.53. The van der Waals surface area contributed by atoms with Gasteiger partial charge in [0.05, 0.1) is 5.69 Å². The summed E-state index contributed by atoms with van der Waals surface area (Å²) in [6.07, 6.45) is 0. The van der Waals surface area contributed by atoms with Gasteiger partial charge in [-0.15, -0.1) is 0 Å². The minimum absolute atomic E-state index is 0.128. The van der Waals surface area contributed by atoms with Gasteiger partial charge in [0.15, 0.2) is 0 Å². The highest BCUT2D eigenvalue weighted by molar-refractivity contribution is 5.95. The van der Waals surface area contributed by atoms with Crippen LogP contribution in [0.1, 0.15) is 5.56 Å². The Morgan fingerprint density at radius 3 is 2.67 bits per heavy atom. The molecule has 3 nitrogen and oxygen atoms in total. The van der Waals surface area contributed by atoms with E-state index in [1.807, 2.05) is 0 Å². The van der Waals surface area contributed by atoms with Crippen LogP contribution >= 0.6 is 0 Å². The molecule has 1 aromatic carbocycles. The molecular weight excluding hydrogens is 157 g/mol. The molecule has 0 aliphatic rings. The first-order valence-electron chi connectivity index (χ1n) is 3.47. The molecule has 0 aliphatic heterocycles. The highest BCUT2D eigenvalue weighted by atomic mass is 19.1. The molecule has 0 amide bonds. The van der Waals surface area contributed by atoms with E-state index >= 15 is 0 Å². The summed E-state index contributed by atoms with van der Waals surface area (Å²) < 4.78 is 13.0. The molecule has 0 heterocycles. The summed E-state index contributed by atoms with van der Waals surface area (Å²) in [6.45, 7) is 0. The summed E-state index contributed by atoms with van der Waals surface area (Å²) in [5.41, 5.74) is 5.97. The number of amidine groups is 1. The molecule has 4 heteroatoms. The first-order valence-corrected chi connectivity index (χ1v) is 3.47. The molecule has 0 bridgehead atoms. The van der Waals surface area contributed by atoms with Crippen LogP contribution in [-0.4, -0.2) is 12.9 Å². The number of nitrogen functional groups attached to an aromatic ring is 1. The van der Waals surface area contributed by atoms with E-state index in [-0.39, 0.29) is 5.84 Å². The quantitative estimate of drug-likeness (QED) is 0.457. The number of anilines is 1. The number of hydrogen-bond donors (Lipinski definition) is 3. The normalized spacial score (nSPS) is 9.50. The molecule has 1 rings (SSSR count). The van der Waals surface area contributed by atoms with Gasteiger partial charge in [0.2, 0.25) is 0 Å². The van der Waals surface area contributed by atoms with Crippen LogP contribution < -0.4 is 11.1 Å². The second kappa shape index (κ2) is 3.21. The molecule has 0 aliphatic carbocycles. The molecule has 0 saturated heterocycles. The first kappa shape index (κ1) is 8.52. The SMILES string of the molecule is CNc1ccc(C(=N)N)cc1F. The Bertz CT molecular complexity index is 309. The molecule has 64 valence electrons. The molecule has 12 heavy (non-hydrogen) atoms. The fraction of sp³-hybridized carbons (Fsp3) is 0.125. The minimum atomic E-state index is -0.398. The van der Waals surface area contributed by atoms with Crippen molar-refractivity contribution < 1.29 is 4.39 Å². The van der Waals surface area contributed by atoms with Gasteiger partial charge in [-0.1, -0.05) is 0 Å². The lowest BCUT2D eigenvalue weighted by atomic mass is 10.2. The zero-order valence-corrected chi connectivity index (χ0v) is 6.69. The highest BCUT2D eigenvalue weighted by Gasteiger charge is 2.02. The molecule has 1 aromatic rings. The lowest BCUT2D eigenvalue weighted by Crippen LogP contribution is -2.11. The van der Waals surface area contributed by atoms with Gasteiger partial charge in [0.1, 0.15) is 11.7 Å². The summed E-state index contributed by atoms with van der Waals surface area (Å²) in [6, 6.07) is 4.37. The number of nitrogens with one attached hydrogen (secondary N) is 2. The number of nitrogens with two attached hydrogens (primary N) is 1. The van der Waals surface area contributed by atoms with E-state index < -0.39 is 5.82 Å². The summed E-state index contributed by atoms with van der Waals surface area (Å²) in [5.74, 6) is -0.526. The van der Waals surface area contributed by atoms with Crippen molar-refractivity contribution in [1.29, 1.82) is 5.41 Å². The molecular formula is C8H10FN3. The zero-order chi connectivity index (χ0) is 9.14. The van der Waals surface area contributed by atoms with Gasteiger partial charge >= 0.3 is 0 Å². The predicted molar refractivity (Wildman–Crippen MR) is 47.0 cm³/mol. The van der Waals surface area contributed by atoms with Crippen molar-refractivity contribution in [3.63, 3.8) is 0 Å². The van der Waals surface area contributed by atoms with Gasteiger partial charge in [-0.25, -0.2) is 4.39 Å². The standard InChI is InChI=1S/C8H10FN3/c1-12-7-3-2-5(8(10)11)4-6(7)9/h2-4,12H,1H3,(H3,10,11). The van der Waals surface area contributed by atoms with Crippen LogP contribution in [-0.2, 0) is 0 Å². The van der Waals surface area contributed by atoms with Crippen molar-refractivity contribution >= 4 is 11.5 Å². The van der Waals surface area contributed by atoms with Gasteiger partial charge in [-0.3, -0.25) is 5.41 Å². The fourth-order valence-corrected chi connectivity index (χ4v) is 0.885. The summed E-state index contributed by atoms with van der Waals surface area (Å²) in [4.78, 5) is 0. The van der Waals surface area contributed by atoms with E-state index in [2.05, 4.69) is 5.32 Å². The minimum Gasteiger partial charge on any atom is -0.386 e. The maximum Gasteiger partial charge on any atom is 0.147 e. The number of hydrogen-bond acceptors (Lipinski definition) is 2. The molecule has 0 unspecified atom stereocenters. The van der Waals surface area contributed by atoms with Crippen molar-refractivity contribution in [2.75, 3.05) is 12.4 Å². The molecule has 0 fully saturated rings. The molecule has 0 spiro atoms. The molecule has 0 radical (unpaired) electrons. The van der Waals surface area contributed by atoms with Crippen LogP contribution in [0.4, 0.5) is 10.1 Å². The topological polar surface area (TPSA) is 61.9 Å². The van der Waals surface area contributed by atoms with Gasteiger partial charge in [0.25, 0.3) is 0 Å². The Kier molecular flexibility index (Phi) is 2.28. The van der Waals surface area contributed by atoms with Crippen LogP contribution in [0.5, 0.6) is 0 Å². The molecule has 0 atom stereocenters. The number of benzene rings is 1. The Morgan fingerprint density at radius 1 is 1.58 bits per heavy atom. The van der Waals surface area contributed by atoms with Gasteiger partial charge in [0, 0.05) is 12.6 Å². The van der Waals surface area contributed by atoms with Gasteiger partial charge in [-0.2, -0.15) is 0 Å². The largest absolute Gasteiger partial charge is 0.386 e. The van der Waals surface area contributed by atoms with E-state index in [1.165, 1.54) is 6.07 Å². The van der Waals surface area contributed by atoms with Crippen LogP contribution in [0.25, 0.3) is 0 Å². The number of rotatable bonds is 2. The second-order valence-electron chi connectivity index (χ2n) is 2.36. The fourth-order valence-electron chi connectivity index (χ4n) is 0.885. The second-order valence-corrected chi connectivity index (χ2v) is 2.36. The van der Waals surface area contributed by atoms with Crippen LogP contribution in [0.3, 0.4) is 0 Å². The van der Waals surface area contributed by atoms with Crippen molar-refractivity contribution in [3.05, 3.63) is 29.6 Å². The van der Waals surface area contributed by atoms with Gasteiger partial charge < -0.3 is 11.1 Å². The van der Waals surface area contributed by atoms with Crippen molar-refractivity contribution in [3.8, 4) is 0 Å². The van der Waals surface area contributed by atoms with E-state index in [9.17, 15) is 4.39 Å². The van der Waals surface area contributed by atoms with Crippen molar-refractivity contribution in [1.82, 2.24) is 0 Å². The Morgan fingerprint density at radius 2 is 2.25 bits per heavy atom. The Balaban J connectivity index is 3.10. The summed E-state index contributed by atoms with van der Waals surface area (Å²) in [5, 5.41) is 9.73. The lowest BCUT2D eigenvalue weighted by Gasteiger charge is -2.03. The third-order valence-electron chi connectivity index (χ3n) is 1.55. The van der Waals surface area contributed by atoms with Crippen molar-refractivity contribution in [2.24, 2.45) is 5.73 Å². The molecule has 0 saturated carbocycles. The number of halogens is 1. The monoisotopic (exact) mass is 167 g/mol. The summed E-state index contributed by atoms with van der Waals surface area (Å²) >= 11 is 0. The van der Waals surface area contributed by atoms with Crippen LogP contribution in [0.2, 0.25) is 0 Å². The van der Waals surface area contributed by atoms with Crippen LogP contribution in [0.15, 0.2) is 18.2 Å². The molecule has 0 aromatic heterocycles. The predicted octanol–water partition coefficient (Wildman–Crippen LogP) is 1.15. The van der Waals surface area contributed by atoms with E-state index in [1.54, 1.807) is 19.2 Å². The van der Waals surface area contributed by atoms with Gasteiger partial charge in [-0.05, 0) is 18.2 Å². The maximum absolute atomic E-state index is 13.0. The van der Waals surface area contributed by atoms with E-state index in [0.717, 1.165) is 0 Å². The zero-order valence-electron chi connectivity index (χ0n) is 6.69. The summed E-state index contributed by atoms with van der Waals surface area (Å²) in [7, 11) is 1.63. The Labute approximate surface area is 69.9 Å². The first-order chi connectivity index (χ1) is 5.65. The smallest absolute Gasteiger partial charge is 0.147 e. The van der Waals surface area contributed by atoms with E-state index in [4.69, 9.17) is 11.1 Å². The average molecular weight is 167 g/mol. The maximum atomic E-state index is 13.0. The van der Waals surface area contributed by atoms with Crippen LogP contribution in [0, 0.1) is 11.2 Å². The van der Waals surface area contributed by atoms with E-state index in [0.29, 0.717) is 11.3 Å².